The van der Waals surface area contributed by atoms with Crippen molar-refractivity contribution in [1.82, 2.24) is 9.62 Å². The largest absolute Gasteiger partial charge is 0.479 e. The fraction of sp³-hybridized carbons (Fsp3) is 0.818. The maximum Gasteiger partial charge on any atom is 0.408 e. The molecular formula is C11H20N2O6S. The smallest absolute Gasteiger partial charge is 0.408 e. The summed E-state index contributed by atoms with van der Waals surface area (Å²) in [6.45, 7) is 4.69. The van der Waals surface area contributed by atoms with Gasteiger partial charge in [-0.05, 0) is 27.2 Å². The Kier molecular flexibility index (Phi) is 4.35. The number of ether oxygens (including phenoxy) is 1. The Balaban J connectivity index is 2.87. The van der Waals surface area contributed by atoms with Crippen molar-refractivity contribution >= 4 is 22.1 Å². The molecule has 1 atom stereocenters. The van der Waals surface area contributed by atoms with Crippen LogP contribution in [0.15, 0.2) is 0 Å². The molecule has 1 rings (SSSR count). The van der Waals surface area contributed by atoms with E-state index in [2.05, 4.69) is 5.32 Å². The van der Waals surface area contributed by atoms with Crippen molar-refractivity contribution in [3.8, 4) is 0 Å². The second-order valence-electron chi connectivity index (χ2n) is 5.86. The molecule has 0 saturated carbocycles. The molecule has 2 N–H and O–H groups in total. The summed E-state index contributed by atoms with van der Waals surface area (Å²) in [6, 6.07) is 0. The number of nitrogens with zero attached hydrogens (tertiary/aromatic N) is 1. The van der Waals surface area contributed by atoms with Crippen LogP contribution in [0.1, 0.15) is 27.2 Å². The number of nitrogens with one attached hydrogen (secondary N) is 1. The topological polar surface area (TPSA) is 113 Å². The fourth-order valence-electron chi connectivity index (χ4n) is 1.89. The maximum absolute atomic E-state index is 11.7. The van der Waals surface area contributed by atoms with Crippen LogP contribution in [0.2, 0.25) is 0 Å². The van der Waals surface area contributed by atoms with Crippen molar-refractivity contribution in [1.29, 1.82) is 0 Å². The Bertz CT molecular complexity index is 509. The predicted octanol–water partition coefficient (Wildman–Crippen LogP) is -0.000200. The van der Waals surface area contributed by atoms with Gasteiger partial charge in [0.15, 0.2) is 5.54 Å². The van der Waals surface area contributed by atoms with Crippen LogP contribution in [0.3, 0.4) is 0 Å². The van der Waals surface area contributed by atoms with Crippen LogP contribution in [0.5, 0.6) is 0 Å². The summed E-state index contributed by atoms with van der Waals surface area (Å²) in [6.07, 6.45) is 0.114. The molecule has 0 aromatic rings. The molecule has 116 valence electrons. The van der Waals surface area contributed by atoms with Gasteiger partial charge in [0.2, 0.25) is 10.0 Å². The van der Waals surface area contributed by atoms with E-state index in [0.29, 0.717) is 0 Å². The molecule has 20 heavy (non-hydrogen) atoms. The normalized spacial score (nSPS) is 24.4. The van der Waals surface area contributed by atoms with Gasteiger partial charge in [-0.15, -0.1) is 0 Å². The number of sulfonamides is 1. The highest BCUT2D eigenvalue weighted by Crippen LogP contribution is 2.24. The lowest BCUT2D eigenvalue weighted by Crippen LogP contribution is -2.57. The van der Waals surface area contributed by atoms with Crippen LogP contribution in [0.4, 0.5) is 4.79 Å². The molecule has 0 aromatic heterocycles. The van der Waals surface area contributed by atoms with E-state index in [1.54, 1.807) is 20.8 Å². The SMILES string of the molecule is CC(C)(C)OC(=O)NC1(C(=O)O)CCN(S(C)(=O)=O)C1. The Morgan fingerprint density at radius 3 is 2.25 bits per heavy atom. The van der Waals surface area contributed by atoms with Crippen LogP contribution in [-0.4, -0.2) is 60.4 Å². The highest BCUT2D eigenvalue weighted by atomic mass is 32.2. The van der Waals surface area contributed by atoms with Crippen LogP contribution in [0.25, 0.3) is 0 Å². The van der Waals surface area contributed by atoms with Crippen LogP contribution in [-0.2, 0) is 19.6 Å². The lowest BCUT2D eigenvalue weighted by molar-refractivity contribution is -0.144. The first-order valence-corrected chi connectivity index (χ1v) is 7.90. The Morgan fingerprint density at radius 2 is 1.90 bits per heavy atom. The molecule has 0 aromatic carbocycles. The van der Waals surface area contributed by atoms with Gasteiger partial charge < -0.3 is 15.2 Å². The summed E-state index contributed by atoms with van der Waals surface area (Å²) in [4.78, 5) is 23.1. The van der Waals surface area contributed by atoms with Crippen LogP contribution >= 0.6 is 0 Å². The molecule has 8 nitrogen and oxygen atoms in total. The summed E-state index contributed by atoms with van der Waals surface area (Å²) in [5.41, 5.74) is -2.41. The minimum Gasteiger partial charge on any atom is -0.479 e. The highest BCUT2D eigenvalue weighted by molar-refractivity contribution is 7.88. The highest BCUT2D eigenvalue weighted by Gasteiger charge is 2.49. The third kappa shape index (κ3) is 4.07. The van der Waals surface area contributed by atoms with Crippen molar-refractivity contribution in [3.05, 3.63) is 0 Å². The predicted molar refractivity (Wildman–Crippen MR) is 70.8 cm³/mol. The van der Waals surface area contributed by atoms with Gasteiger partial charge >= 0.3 is 12.1 Å². The zero-order chi connectivity index (χ0) is 15.8. The summed E-state index contributed by atoms with van der Waals surface area (Å²) in [5.74, 6) is -1.28. The van der Waals surface area contributed by atoms with Gasteiger partial charge in [0.1, 0.15) is 5.60 Å². The van der Waals surface area contributed by atoms with E-state index >= 15 is 0 Å². The lowest BCUT2D eigenvalue weighted by Gasteiger charge is -2.28. The molecular weight excluding hydrogens is 288 g/mol. The zero-order valence-corrected chi connectivity index (χ0v) is 12.8. The van der Waals surface area contributed by atoms with Crippen molar-refractivity contribution in [2.45, 2.75) is 38.3 Å². The van der Waals surface area contributed by atoms with Gasteiger partial charge in [-0.2, -0.15) is 4.31 Å². The van der Waals surface area contributed by atoms with E-state index in [1.807, 2.05) is 0 Å². The van der Waals surface area contributed by atoms with Gasteiger partial charge in [0.05, 0.1) is 6.26 Å². The summed E-state index contributed by atoms with van der Waals surface area (Å²) >= 11 is 0. The maximum atomic E-state index is 11.7. The minimum atomic E-state index is -3.50. The van der Waals surface area contributed by atoms with E-state index in [4.69, 9.17) is 4.74 Å². The molecule has 0 spiro atoms. The number of amides is 1. The fourth-order valence-corrected chi connectivity index (χ4v) is 2.76. The molecule has 1 amide bonds. The zero-order valence-electron chi connectivity index (χ0n) is 12.0. The van der Waals surface area contributed by atoms with Gasteiger partial charge in [-0.3, -0.25) is 0 Å². The number of aliphatic carboxylic acids is 1. The monoisotopic (exact) mass is 308 g/mol. The first-order valence-electron chi connectivity index (χ1n) is 6.05. The van der Waals surface area contributed by atoms with E-state index < -0.39 is 33.2 Å². The summed E-state index contributed by atoms with van der Waals surface area (Å²) in [7, 11) is -3.50. The molecule has 1 saturated heterocycles. The summed E-state index contributed by atoms with van der Waals surface area (Å²) < 4.78 is 28.9. The third-order valence-electron chi connectivity index (χ3n) is 2.85. The van der Waals surface area contributed by atoms with E-state index in [9.17, 15) is 23.1 Å². The average Bonchev–Trinajstić information content (AvgIpc) is 2.59. The van der Waals surface area contributed by atoms with Crippen molar-refractivity contribution < 1.29 is 27.9 Å². The van der Waals surface area contributed by atoms with E-state index in [-0.39, 0.29) is 19.5 Å². The Labute approximate surface area is 118 Å². The van der Waals surface area contributed by atoms with Gasteiger partial charge in [0.25, 0.3) is 0 Å². The standard InChI is InChI=1S/C11H20N2O6S/c1-10(2,3)19-9(16)12-11(8(14)15)5-6-13(7-11)20(4,17)18/h5-7H2,1-4H3,(H,12,16)(H,14,15). The number of hydrogen-bond acceptors (Lipinski definition) is 5. The molecule has 1 aliphatic rings. The number of carbonyl (C=O) groups is 2. The van der Waals surface area contributed by atoms with Crippen molar-refractivity contribution in [3.63, 3.8) is 0 Å². The number of carboxylic acid groups (broad SMARTS) is 1. The molecule has 1 fully saturated rings. The first-order chi connectivity index (χ1) is 8.86. The van der Waals surface area contributed by atoms with Crippen LogP contribution < -0.4 is 5.32 Å². The number of alkyl carbamates (subject to hydrolysis) is 1. The van der Waals surface area contributed by atoms with Gasteiger partial charge in [-0.25, -0.2) is 18.0 Å². The quantitative estimate of drug-likeness (QED) is 0.758. The Morgan fingerprint density at radius 1 is 1.35 bits per heavy atom. The molecule has 1 heterocycles. The van der Waals surface area contributed by atoms with Gasteiger partial charge in [0, 0.05) is 13.1 Å². The molecule has 9 heteroatoms. The molecule has 1 unspecified atom stereocenters. The van der Waals surface area contributed by atoms with Crippen molar-refractivity contribution in [2.75, 3.05) is 19.3 Å². The average molecular weight is 308 g/mol. The van der Waals surface area contributed by atoms with Crippen LogP contribution in [0, 0.1) is 0 Å². The van der Waals surface area contributed by atoms with E-state index in [1.165, 1.54) is 0 Å². The number of hydrogen-bond donors (Lipinski definition) is 2. The second-order valence-corrected chi connectivity index (χ2v) is 7.84. The lowest BCUT2D eigenvalue weighted by atomic mass is 9.99. The first kappa shape index (κ1) is 16.7. The molecule has 0 radical (unpaired) electrons. The third-order valence-corrected chi connectivity index (χ3v) is 4.10. The molecule has 0 aliphatic carbocycles. The number of carbonyl (C=O) groups excluding carboxylic acids is 1. The Hall–Kier alpha value is -1.35. The minimum absolute atomic E-state index is 0.00531. The van der Waals surface area contributed by atoms with Gasteiger partial charge in [-0.1, -0.05) is 0 Å². The number of carboxylic acids is 1. The molecule has 0 bridgehead atoms. The summed E-state index contributed by atoms with van der Waals surface area (Å²) in [5, 5.41) is 11.6. The number of rotatable bonds is 3. The van der Waals surface area contributed by atoms with Crippen molar-refractivity contribution in [2.24, 2.45) is 0 Å². The molecule has 1 aliphatic heterocycles. The second kappa shape index (κ2) is 5.21. The van der Waals surface area contributed by atoms with E-state index in [0.717, 1.165) is 10.6 Å².